The Morgan fingerprint density at radius 2 is 2.00 bits per heavy atom. The molecule has 3 aromatic rings. The number of nitrogens with one attached hydrogen (secondary N) is 1. The second-order valence-electron chi connectivity index (χ2n) is 6.14. The van der Waals surface area contributed by atoms with Crippen molar-refractivity contribution in [3.63, 3.8) is 0 Å². The number of Topliss-reactive ketones (excluding diaryl/α,β-unsaturated/α-hetero) is 1. The third kappa shape index (κ3) is 3.43. The molecule has 0 spiro atoms. The average Bonchev–Trinajstić information content (AvgIpc) is 3.36. The Labute approximate surface area is 157 Å². The van der Waals surface area contributed by atoms with E-state index in [4.69, 9.17) is 5.73 Å². The first-order valence-electron chi connectivity index (χ1n) is 8.32. The minimum Gasteiger partial charge on any atom is -0.384 e. The first-order chi connectivity index (χ1) is 13.0. The number of benzene rings is 1. The molecule has 138 valence electrons. The standard InChI is InChI=1S/C17H16N6O3S/c18-14-13(15(25)20-17(26)23(14)11-6-7-11)12(24)8-27-16-19-9-22(21-16)10-4-2-1-3-5-10/h1-5,9,11H,6-8,18H2,(H,20,25,26). The van der Waals surface area contributed by atoms with Crippen molar-refractivity contribution in [2.75, 3.05) is 11.5 Å². The van der Waals surface area contributed by atoms with E-state index in [1.165, 1.54) is 4.57 Å². The Hall–Kier alpha value is -3.14. The second-order valence-corrected chi connectivity index (χ2v) is 7.08. The minimum atomic E-state index is -0.761. The highest BCUT2D eigenvalue weighted by Gasteiger charge is 2.30. The summed E-state index contributed by atoms with van der Waals surface area (Å²) in [5.74, 6) is -0.599. The summed E-state index contributed by atoms with van der Waals surface area (Å²) in [7, 11) is 0. The van der Waals surface area contributed by atoms with E-state index in [0.717, 1.165) is 30.3 Å². The van der Waals surface area contributed by atoms with Gasteiger partial charge in [0.2, 0.25) is 5.16 Å². The van der Waals surface area contributed by atoms with Gasteiger partial charge in [0, 0.05) is 6.04 Å². The van der Waals surface area contributed by atoms with Crippen LogP contribution in [0.2, 0.25) is 0 Å². The molecule has 0 radical (unpaired) electrons. The van der Waals surface area contributed by atoms with Crippen LogP contribution >= 0.6 is 11.8 Å². The molecule has 0 unspecified atom stereocenters. The Bertz CT molecular complexity index is 1110. The van der Waals surface area contributed by atoms with Gasteiger partial charge in [0.25, 0.3) is 5.56 Å². The van der Waals surface area contributed by atoms with Crippen molar-refractivity contribution in [3.05, 3.63) is 63.1 Å². The summed E-state index contributed by atoms with van der Waals surface area (Å²) in [6.45, 7) is 0. The third-order valence-electron chi connectivity index (χ3n) is 4.20. The van der Waals surface area contributed by atoms with Gasteiger partial charge in [-0.25, -0.2) is 14.5 Å². The Morgan fingerprint density at radius 1 is 1.26 bits per heavy atom. The zero-order valence-electron chi connectivity index (χ0n) is 14.2. The molecule has 2 heterocycles. The molecule has 1 aromatic carbocycles. The number of hydrogen-bond donors (Lipinski definition) is 2. The highest BCUT2D eigenvalue weighted by Crippen LogP contribution is 2.35. The van der Waals surface area contributed by atoms with Gasteiger partial charge in [0.15, 0.2) is 5.78 Å². The number of thioether (sulfide) groups is 1. The predicted octanol–water partition coefficient (Wildman–Crippen LogP) is 1.01. The molecule has 0 saturated heterocycles. The molecular formula is C17H16N6O3S. The summed E-state index contributed by atoms with van der Waals surface area (Å²) in [6, 6.07) is 9.40. The minimum absolute atomic E-state index is 0.0446. The van der Waals surface area contributed by atoms with E-state index in [1.54, 1.807) is 11.0 Å². The molecule has 10 heteroatoms. The number of aromatic amines is 1. The quantitative estimate of drug-likeness (QED) is 0.479. The first kappa shape index (κ1) is 17.3. The first-order valence-corrected chi connectivity index (χ1v) is 9.30. The van der Waals surface area contributed by atoms with Crippen LogP contribution in [0, 0.1) is 0 Å². The highest BCUT2D eigenvalue weighted by atomic mass is 32.2. The number of carbonyl (C=O) groups is 1. The van der Waals surface area contributed by atoms with Crippen molar-refractivity contribution in [2.24, 2.45) is 0 Å². The molecular weight excluding hydrogens is 368 g/mol. The summed E-state index contributed by atoms with van der Waals surface area (Å²) < 4.78 is 2.89. The lowest BCUT2D eigenvalue weighted by Gasteiger charge is -2.10. The molecule has 0 amide bonds. The van der Waals surface area contributed by atoms with Crippen LogP contribution in [0.5, 0.6) is 0 Å². The number of rotatable bonds is 6. The lowest BCUT2D eigenvalue weighted by molar-refractivity contribution is 0.102. The molecule has 0 bridgehead atoms. The van der Waals surface area contributed by atoms with Gasteiger partial charge in [-0.1, -0.05) is 30.0 Å². The molecule has 1 aliphatic rings. The molecule has 1 saturated carbocycles. The van der Waals surface area contributed by atoms with E-state index in [1.807, 2.05) is 30.3 Å². The predicted molar refractivity (Wildman–Crippen MR) is 100 cm³/mol. The topological polar surface area (TPSA) is 129 Å². The van der Waals surface area contributed by atoms with Gasteiger partial charge < -0.3 is 5.73 Å². The molecule has 9 nitrogen and oxygen atoms in total. The Balaban J connectivity index is 1.52. The number of carbonyl (C=O) groups excluding carboxylic acids is 1. The number of hydrogen-bond acceptors (Lipinski definition) is 7. The van der Waals surface area contributed by atoms with E-state index < -0.39 is 17.0 Å². The van der Waals surface area contributed by atoms with Crippen LogP contribution < -0.4 is 17.0 Å². The van der Waals surface area contributed by atoms with Crippen LogP contribution in [0.3, 0.4) is 0 Å². The van der Waals surface area contributed by atoms with Crippen LogP contribution in [0.25, 0.3) is 5.69 Å². The van der Waals surface area contributed by atoms with Gasteiger partial charge in [0.05, 0.1) is 11.4 Å². The van der Waals surface area contributed by atoms with Gasteiger partial charge in [-0.2, -0.15) is 0 Å². The fourth-order valence-electron chi connectivity index (χ4n) is 2.75. The van der Waals surface area contributed by atoms with Gasteiger partial charge in [0.1, 0.15) is 17.7 Å². The zero-order chi connectivity index (χ0) is 19.0. The fourth-order valence-corrected chi connectivity index (χ4v) is 3.42. The number of nitrogen functional groups attached to an aromatic ring is 1. The molecule has 1 fully saturated rings. The van der Waals surface area contributed by atoms with Gasteiger partial charge in [-0.3, -0.25) is 19.1 Å². The lowest BCUT2D eigenvalue weighted by Crippen LogP contribution is -2.36. The maximum Gasteiger partial charge on any atom is 0.330 e. The number of ketones is 1. The van der Waals surface area contributed by atoms with E-state index in [-0.39, 0.29) is 23.2 Å². The molecule has 0 aliphatic heterocycles. The Morgan fingerprint density at radius 3 is 2.70 bits per heavy atom. The van der Waals surface area contributed by atoms with Crippen LogP contribution in [0.4, 0.5) is 5.82 Å². The summed E-state index contributed by atoms with van der Waals surface area (Å²) >= 11 is 1.10. The van der Waals surface area contributed by atoms with Crippen LogP contribution in [-0.4, -0.2) is 35.9 Å². The largest absolute Gasteiger partial charge is 0.384 e. The number of nitrogens with zero attached hydrogens (tertiary/aromatic N) is 4. The zero-order valence-corrected chi connectivity index (χ0v) is 15.0. The summed E-state index contributed by atoms with van der Waals surface area (Å²) in [5.41, 5.74) is 5.28. The lowest BCUT2D eigenvalue weighted by atomic mass is 10.2. The number of H-pyrrole nitrogens is 1. The molecule has 0 atom stereocenters. The van der Waals surface area contributed by atoms with Crippen molar-refractivity contribution in [3.8, 4) is 5.69 Å². The SMILES string of the molecule is Nc1c(C(=O)CSc2ncn(-c3ccccc3)n2)c(=O)[nH]c(=O)n1C1CC1. The highest BCUT2D eigenvalue weighted by molar-refractivity contribution is 7.99. The van der Waals surface area contributed by atoms with Crippen molar-refractivity contribution in [1.82, 2.24) is 24.3 Å². The summed E-state index contributed by atoms with van der Waals surface area (Å²) in [4.78, 5) is 42.9. The van der Waals surface area contributed by atoms with Gasteiger partial charge in [-0.15, -0.1) is 5.10 Å². The van der Waals surface area contributed by atoms with E-state index in [2.05, 4.69) is 15.1 Å². The van der Waals surface area contributed by atoms with E-state index in [9.17, 15) is 14.4 Å². The number of anilines is 1. The molecule has 27 heavy (non-hydrogen) atoms. The maximum absolute atomic E-state index is 12.5. The number of nitrogens with two attached hydrogens (primary N) is 1. The van der Waals surface area contributed by atoms with Crippen LogP contribution in [-0.2, 0) is 0 Å². The molecule has 3 N–H and O–H groups in total. The van der Waals surface area contributed by atoms with Crippen molar-refractivity contribution in [2.45, 2.75) is 24.0 Å². The van der Waals surface area contributed by atoms with E-state index >= 15 is 0 Å². The van der Waals surface area contributed by atoms with Gasteiger partial charge >= 0.3 is 5.69 Å². The monoisotopic (exact) mass is 384 g/mol. The molecule has 2 aromatic heterocycles. The van der Waals surface area contributed by atoms with Crippen LogP contribution in [0.1, 0.15) is 29.2 Å². The third-order valence-corrected chi connectivity index (χ3v) is 5.05. The normalized spacial score (nSPS) is 13.6. The summed E-state index contributed by atoms with van der Waals surface area (Å²) in [6.07, 6.45) is 3.16. The van der Waals surface area contributed by atoms with Crippen molar-refractivity contribution in [1.29, 1.82) is 0 Å². The van der Waals surface area contributed by atoms with Crippen LogP contribution in [0.15, 0.2) is 51.4 Å². The summed E-state index contributed by atoms with van der Waals surface area (Å²) in [5, 5.41) is 4.71. The molecule has 4 rings (SSSR count). The average molecular weight is 384 g/mol. The van der Waals surface area contributed by atoms with Crippen molar-refractivity contribution < 1.29 is 4.79 Å². The second kappa shape index (κ2) is 6.88. The number of para-hydroxylation sites is 1. The smallest absolute Gasteiger partial charge is 0.330 e. The fraction of sp³-hybridized carbons (Fsp3) is 0.235. The Kier molecular flexibility index (Phi) is 4.40. The van der Waals surface area contributed by atoms with Gasteiger partial charge in [-0.05, 0) is 25.0 Å². The number of aromatic nitrogens is 5. The molecule has 1 aliphatic carbocycles. The maximum atomic E-state index is 12.5. The van der Waals surface area contributed by atoms with Crippen molar-refractivity contribution >= 4 is 23.4 Å². The van der Waals surface area contributed by atoms with E-state index in [0.29, 0.717) is 5.16 Å².